The van der Waals surface area contributed by atoms with Crippen molar-refractivity contribution < 1.29 is 0 Å². The number of aromatic nitrogens is 1. The second kappa shape index (κ2) is 4.40. The summed E-state index contributed by atoms with van der Waals surface area (Å²) in [6.07, 6.45) is 2.62. The van der Waals surface area contributed by atoms with Crippen molar-refractivity contribution in [1.29, 1.82) is 0 Å². The summed E-state index contributed by atoms with van der Waals surface area (Å²) in [6, 6.07) is 3.96. The van der Waals surface area contributed by atoms with E-state index in [1.807, 2.05) is 13.0 Å². The summed E-state index contributed by atoms with van der Waals surface area (Å²) < 4.78 is 0. The third-order valence-electron chi connectivity index (χ3n) is 3.02. The lowest BCUT2D eigenvalue weighted by Crippen LogP contribution is -2.34. The van der Waals surface area contributed by atoms with Crippen LogP contribution in [0.1, 0.15) is 25.5 Å². The predicted molar refractivity (Wildman–Crippen MR) is 64.6 cm³/mol. The van der Waals surface area contributed by atoms with Crippen molar-refractivity contribution in [3.8, 4) is 0 Å². The van der Waals surface area contributed by atoms with E-state index >= 15 is 0 Å². The zero-order chi connectivity index (χ0) is 10.8. The van der Waals surface area contributed by atoms with Crippen LogP contribution in [-0.4, -0.2) is 18.1 Å². The number of pyridine rings is 1. The molecule has 0 aliphatic carbocycles. The molecule has 1 aromatic heterocycles. The van der Waals surface area contributed by atoms with Gasteiger partial charge in [-0.15, -0.1) is 0 Å². The lowest BCUT2D eigenvalue weighted by atomic mass is 9.99. The molecule has 0 N–H and O–H groups in total. The minimum atomic E-state index is 0.585. The Labute approximate surface area is 96.3 Å². The number of hydrogen-bond acceptors (Lipinski definition) is 2. The number of rotatable bonds is 1. The fraction of sp³-hybridized carbons (Fsp3) is 0.583. The van der Waals surface area contributed by atoms with Crippen LogP contribution in [-0.2, 0) is 0 Å². The molecular formula is C12H17ClN2. The highest BCUT2D eigenvalue weighted by molar-refractivity contribution is 6.29. The van der Waals surface area contributed by atoms with Crippen molar-refractivity contribution in [3.63, 3.8) is 0 Å². The average Bonchev–Trinajstić information content (AvgIpc) is 2.17. The molecule has 1 saturated heterocycles. The molecule has 1 aliphatic heterocycles. The summed E-state index contributed by atoms with van der Waals surface area (Å²) in [6.45, 7) is 6.63. The molecule has 82 valence electrons. The predicted octanol–water partition coefficient (Wildman–Crippen LogP) is 3.28. The van der Waals surface area contributed by atoms with Gasteiger partial charge in [-0.25, -0.2) is 4.98 Å². The Bertz CT molecular complexity index is 351. The van der Waals surface area contributed by atoms with Gasteiger partial charge in [0.1, 0.15) is 5.15 Å². The Morgan fingerprint density at radius 2 is 2.27 bits per heavy atom. The fourth-order valence-electron chi connectivity index (χ4n) is 2.27. The SMILES string of the molecule is Cc1nc(Cl)ccc1N1CCCC(C)C1. The molecule has 1 aliphatic rings. The van der Waals surface area contributed by atoms with Gasteiger partial charge in [-0.05, 0) is 37.8 Å². The van der Waals surface area contributed by atoms with Crippen LogP contribution in [0.25, 0.3) is 0 Å². The Morgan fingerprint density at radius 1 is 1.47 bits per heavy atom. The highest BCUT2D eigenvalue weighted by atomic mass is 35.5. The van der Waals surface area contributed by atoms with Gasteiger partial charge in [0.2, 0.25) is 0 Å². The van der Waals surface area contributed by atoms with Crippen LogP contribution in [0, 0.1) is 12.8 Å². The van der Waals surface area contributed by atoms with Gasteiger partial charge in [-0.2, -0.15) is 0 Å². The van der Waals surface area contributed by atoms with E-state index in [1.165, 1.54) is 18.5 Å². The Balaban J connectivity index is 2.21. The number of anilines is 1. The topological polar surface area (TPSA) is 16.1 Å². The maximum atomic E-state index is 5.85. The second-order valence-electron chi connectivity index (χ2n) is 4.43. The maximum Gasteiger partial charge on any atom is 0.129 e. The molecule has 2 nitrogen and oxygen atoms in total. The molecular weight excluding hydrogens is 208 g/mol. The van der Waals surface area contributed by atoms with E-state index in [2.05, 4.69) is 22.9 Å². The van der Waals surface area contributed by atoms with Crippen molar-refractivity contribution in [1.82, 2.24) is 4.98 Å². The number of nitrogens with zero attached hydrogens (tertiary/aromatic N) is 2. The van der Waals surface area contributed by atoms with E-state index < -0.39 is 0 Å². The van der Waals surface area contributed by atoms with Crippen LogP contribution in [0.5, 0.6) is 0 Å². The highest BCUT2D eigenvalue weighted by Gasteiger charge is 2.18. The molecule has 1 unspecified atom stereocenters. The Morgan fingerprint density at radius 3 is 2.93 bits per heavy atom. The average molecular weight is 225 g/mol. The maximum absolute atomic E-state index is 5.85. The van der Waals surface area contributed by atoms with Crippen LogP contribution >= 0.6 is 11.6 Å². The molecule has 1 atom stereocenters. The monoisotopic (exact) mass is 224 g/mol. The minimum Gasteiger partial charge on any atom is -0.370 e. The van der Waals surface area contributed by atoms with E-state index in [0.717, 1.165) is 24.7 Å². The summed E-state index contributed by atoms with van der Waals surface area (Å²) in [4.78, 5) is 6.72. The molecule has 1 aromatic rings. The molecule has 2 heterocycles. The summed E-state index contributed by atoms with van der Waals surface area (Å²) in [5.41, 5.74) is 2.28. The van der Waals surface area contributed by atoms with Crippen molar-refractivity contribution >= 4 is 17.3 Å². The first-order chi connectivity index (χ1) is 7.16. The van der Waals surface area contributed by atoms with Gasteiger partial charge in [0.05, 0.1) is 11.4 Å². The zero-order valence-corrected chi connectivity index (χ0v) is 10.1. The van der Waals surface area contributed by atoms with Crippen LogP contribution in [0.4, 0.5) is 5.69 Å². The molecule has 0 spiro atoms. The quantitative estimate of drug-likeness (QED) is 0.681. The Kier molecular flexibility index (Phi) is 3.15. The van der Waals surface area contributed by atoms with E-state index in [9.17, 15) is 0 Å². The third kappa shape index (κ3) is 2.43. The fourth-order valence-corrected chi connectivity index (χ4v) is 2.46. The second-order valence-corrected chi connectivity index (χ2v) is 4.82. The zero-order valence-electron chi connectivity index (χ0n) is 9.33. The van der Waals surface area contributed by atoms with Crippen molar-refractivity contribution in [2.75, 3.05) is 18.0 Å². The van der Waals surface area contributed by atoms with Gasteiger partial charge in [-0.3, -0.25) is 0 Å². The molecule has 1 fully saturated rings. The normalized spacial score (nSPS) is 21.8. The van der Waals surface area contributed by atoms with Crippen LogP contribution < -0.4 is 4.90 Å². The number of aryl methyl sites for hydroxylation is 1. The van der Waals surface area contributed by atoms with Crippen molar-refractivity contribution in [2.24, 2.45) is 5.92 Å². The summed E-state index contributed by atoms with van der Waals surface area (Å²) >= 11 is 5.85. The lowest BCUT2D eigenvalue weighted by molar-refractivity contribution is 0.446. The van der Waals surface area contributed by atoms with Gasteiger partial charge in [0.25, 0.3) is 0 Å². The summed E-state index contributed by atoms with van der Waals surface area (Å²) in [5, 5.41) is 0.585. The molecule has 3 heteroatoms. The van der Waals surface area contributed by atoms with Crippen LogP contribution in [0.2, 0.25) is 5.15 Å². The first-order valence-corrected chi connectivity index (χ1v) is 5.92. The Hall–Kier alpha value is -0.760. The molecule has 2 rings (SSSR count). The van der Waals surface area contributed by atoms with E-state index in [4.69, 9.17) is 11.6 Å². The van der Waals surface area contributed by atoms with Gasteiger partial charge < -0.3 is 4.90 Å². The molecule has 0 amide bonds. The molecule has 15 heavy (non-hydrogen) atoms. The largest absolute Gasteiger partial charge is 0.370 e. The number of hydrogen-bond donors (Lipinski definition) is 0. The number of halogens is 1. The molecule has 0 radical (unpaired) electrons. The van der Waals surface area contributed by atoms with E-state index in [0.29, 0.717) is 5.15 Å². The van der Waals surface area contributed by atoms with Gasteiger partial charge in [-0.1, -0.05) is 18.5 Å². The first-order valence-electron chi connectivity index (χ1n) is 5.55. The van der Waals surface area contributed by atoms with Gasteiger partial charge in [0, 0.05) is 13.1 Å². The van der Waals surface area contributed by atoms with Gasteiger partial charge in [0.15, 0.2) is 0 Å². The van der Waals surface area contributed by atoms with Crippen LogP contribution in [0.3, 0.4) is 0 Å². The van der Waals surface area contributed by atoms with E-state index in [1.54, 1.807) is 0 Å². The van der Waals surface area contributed by atoms with Gasteiger partial charge >= 0.3 is 0 Å². The lowest BCUT2D eigenvalue weighted by Gasteiger charge is -2.33. The summed E-state index contributed by atoms with van der Waals surface area (Å²) in [5.74, 6) is 0.786. The third-order valence-corrected chi connectivity index (χ3v) is 3.23. The minimum absolute atomic E-state index is 0.585. The molecule has 0 bridgehead atoms. The molecule has 0 aromatic carbocycles. The summed E-state index contributed by atoms with van der Waals surface area (Å²) in [7, 11) is 0. The van der Waals surface area contributed by atoms with Crippen molar-refractivity contribution in [2.45, 2.75) is 26.7 Å². The molecule has 0 saturated carbocycles. The standard InChI is InChI=1S/C12H17ClN2/c1-9-4-3-7-15(8-9)11-5-6-12(13)14-10(11)2/h5-6,9H,3-4,7-8H2,1-2H3. The van der Waals surface area contributed by atoms with Crippen LogP contribution in [0.15, 0.2) is 12.1 Å². The first kappa shape index (κ1) is 10.7. The smallest absolute Gasteiger partial charge is 0.129 e. The van der Waals surface area contributed by atoms with E-state index in [-0.39, 0.29) is 0 Å². The number of piperidine rings is 1. The van der Waals surface area contributed by atoms with Crippen molar-refractivity contribution in [3.05, 3.63) is 23.0 Å². The highest BCUT2D eigenvalue weighted by Crippen LogP contribution is 2.25.